The highest BCUT2D eigenvalue weighted by Gasteiger charge is 2.21. The molecule has 6 heteroatoms. The van der Waals surface area contributed by atoms with Gasteiger partial charge in [-0.3, -0.25) is 9.59 Å². The fourth-order valence-corrected chi connectivity index (χ4v) is 1.21. The molecule has 0 aliphatic carbocycles. The molecule has 0 saturated heterocycles. The second-order valence-corrected chi connectivity index (χ2v) is 3.61. The van der Waals surface area contributed by atoms with Crippen LogP contribution in [0.3, 0.4) is 0 Å². The maximum atomic E-state index is 13.2. The third-order valence-corrected chi connectivity index (χ3v) is 2.22. The summed E-state index contributed by atoms with van der Waals surface area (Å²) in [6.45, 7) is 1.26. The highest BCUT2D eigenvalue weighted by Crippen LogP contribution is 2.17. The summed E-state index contributed by atoms with van der Waals surface area (Å²) in [5, 5.41) is 8.57. The molecule has 0 radical (unpaired) electrons. The molecule has 1 rings (SSSR count). The van der Waals surface area contributed by atoms with Gasteiger partial charge in [0.2, 0.25) is 0 Å². The summed E-state index contributed by atoms with van der Waals surface area (Å²) in [5.74, 6) is -7.07. The van der Waals surface area contributed by atoms with Crippen LogP contribution in [-0.2, 0) is 4.79 Å². The van der Waals surface area contributed by atoms with Crippen molar-refractivity contribution < 1.29 is 27.9 Å². The molecule has 0 spiro atoms. The Morgan fingerprint density at radius 3 is 2.24 bits per heavy atom. The number of benzene rings is 1. The first-order valence-electron chi connectivity index (χ1n) is 4.73. The number of halogens is 3. The zero-order valence-electron chi connectivity index (χ0n) is 8.84. The fourth-order valence-electron chi connectivity index (χ4n) is 1.21. The molecule has 0 amide bonds. The van der Waals surface area contributed by atoms with Gasteiger partial charge in [0.15, 0.2) is 17.4 Å². The lowest BCUT2D eigenvalue weighted by Gasteiger charge is -2.06. The van der Waals surface area contributed by atoms with Crippen LogP contribution < -0.4 is 0 Å². The van der Waals surface area contributed by atoms with E-state index in [-0.39, 0.29) is 6.07 Å². The second kappa shape index (κ2) is 4.99. The van der Waals surface area contributed by atoms with Crippen LogP contribution in [0.4, 0.5) is 13.2 Å². The van der Waals surface area contributed by atoms with Crippen molar-refractivity contribution in [3.05, 3.63) is 35.1 Å². The number of hydrogen-bond donors (Lipinski definition) is 1. The van der Waals surface area contributed by atoms with Crippen LogP contribution >= 0.6 is 0 Å². The van der Waals surface area contributed by atoms with Crippen molar-refractivity contribution in [2.75, 3.05) is 0 Å². The van der Waals surface area contributed by atoms with E-state index in [1.807, 2.05) is 0 Å². The molecule has 1 atom stereocenters. The molecule has 1 aromatic rings. The Labute approximate surface area is 94.9 Å². The maximum absolute atomic E-state index is 13.2. The van der Waals surface area contributed by atoms with Crippen LogP contribution in [0, 0.1) is 23.4 Å². The van der Waals surface area contributed by atoms with E-state index in [1.54, 1.807) is 0 Å². The minimum Gasteiger partial charge on any atom is -0.481 e. The molecule has 0 bridgehead atoms. The highest BCUT2D eigenvalue weighted by molar-refractivity contribution is 5.98. The van der Waals surface area contributed by atoms with Crippen molar-refractivity contribution in [2.24, 2.45) is 5.92 Å². The number of Topliss-reactive ketones (excluding diaryl/α,β-unsaturated/α-hetero) is 1. The molecule has 0 aliphatic rings. The van der Waals surface area contributed by atoms with Gasteiger partial charge in [0.25, 0.3) is 0 Å². The largest absolute Gasteiger partial charge is 0.481 e. The molecular weight excluding hydrogens is 237 g/mol. The van der Waals surface area contributed by atoms with Crippen molar-refractivity contribution in [2.45, 2.75) is 13.3 Å². The van der Waals surface area contributed by atoms with E-state index in [2.05, 4.69) is 0 Å². The first-order chi connectivity index (χ1) is 7.82. The van der Waals surface area contributed by atoms with E-state index < -0.39 is 47.1 Å². The van der Waals surface area contributed by atoms with Gasteiger partial charge in [0.1, 0.15) is 5.82 Å². The molecule has 0 aliphatic heterocycles. The summed E-state index contributed by atoms with van der Waals surface area (Å²) in [5.41, 5.74) is -0.642. The van der Waals surface area contributed by atoms with Gasteiger partial charge in [-0.05, 0) is 6.07 Å². The van der Waals surface area contributed by atoms with E-state index >= 15 is 0 Å². The lowest BCUT2D eigenvalue weighted by Crippen LogP contribution is -2.16. The Morgan fingerprint density at radius 2 is 1.71 bits per heavy atom. The number of ketones is 1. The monoisotopic (exact) mass is 246 g/mol. The van der Waals surface area contributed by atoms with Crippen molar-refractivity contribution in [1.29, 1.82) is 0 Å². The molecule has 0 fully saturated rings. The Kier molecular flexibility index (Phi) is 3.88. The molecule has 1 aromatic carbocycles. The van der Waals surface area contributed by atoms with Crippen LogP contribution in [0.1, 0.15) is 23.7 Å². The Morgan fingerprint density at radius 1 is 1.18 bits per heavy atom. The van der Waals surface area contributed by atoms with E-state index in [0.717, 1.165) is 0 Å². The number of carboxylic acid groups (broad SMARTS) is 1. The smallest absolute Gasteiger partial charge is 0.306 e. The van der Waals surface area contributed by atoms with Crippen LogP contribution in [0.5, 0.6) is 0 Å². The molecule has 1 unspecified atom stereocenters. The molecule has 1 N–H and O–H groups in total. The Balaban J connectivity index is 2.97. The van der Waals surface area contributed by atoms with Gasteiger partial charge in [-0.2, -0.15) is 0 Å². The maximum Gasteiger partial charge on any atom is 0.306 e. The number of carboxylic acids is 1. The summed E-state index contributed by atoms with van der Waals surface area (Å²) >= 11 is 0. The van der Waals surface area contributed by atoms with Gasteiger partial charge in [-0.25, -0.2) is 13.2 Å². The number of rotatable bonds is 4. The average Bonchev–Trinajstić information content (AvgIpc) is 2.22. The van der Waals surface area contributed by atoms with Gasteiger partial charge >= 0.3 is 5.97 Å². The molecule has 92 valence electrons. The zero-order chi connectivity index (χ0) is 13.2. The predicted octanol–water partition coefficient (Wildman–Crippen LogP) is 2.40. The molecule has 0 aromatic heterocycles. The summed E-state index contributed by atoms with van der Waals surface area (Å²) in [4.78, 5) is 21.9. The number of carbonyl (C=O) groups excluding carboxylic acids is 1. The molecule has 0 heterocycles. The van der Waals surface area contributed by atoms with Gasteiger partial charge in [0, 0.05) is 12.5 Å². The van der Waals surface area contributed by atoms with Crippen molar-refractivity contribution in [1.82, 2.24) is 0 Å². The van der Waals surface area contributed by atoms with Gasteiger partial charge in [-0.15, -0.1) is 0 Å². The van der Waals surface area contributed by atoms with Crippen molar-refractivity contribution in [3.8, 4) is 0 Å². The quantitative estimate of drug-likeness (QED) is 0.655. The van der Waals surface area contributed by atoms with E-state index in [0.29, 0.717) is 6.07 Å². The topological polar surface area (TPSA) is 54.4 Å². The Bertz CT molecular complexity index is 471. The third-order valence-electron chi connectivity index (χ3n) is 2.22. The van der Waals surface area contributed by atoms with Crippen molar-refractivity contribution >= 4 is 11.8 Å². The predicted molar refractivity (Wildman–Crippen MR) is 52.1 cm³/mol. The number of aliphatic carboxylic acids is 1. The number of hydrogen-bond acceptors (Lipinski definition) is 2. The van der Waals surface area contributed by atoms with Crippen LogP contribution in [-0.4, -0.2) is 16.9 Å². The minimum absolute atomic E-state index is 0.258. The lowest BCUT2D eigenvalue weighted by atomic mass is 9.99. The van der Waals surface area contributed by atoms with Gasteiger partial charge < -0.3 is 5.11 Å². The molecule has 17 heavy (non-hydrogen) atoms. The normalized spacial score (nSPS) is 12.2. The highest BCUT2D eigenvalue weighted by atomic mass is 19.2. The van der Waals surface area contributed by atoms with E-state index in [1.165, 1.54) is 6.92 Å². The summed E-state index contributed by atoms with van der Waals surface area (Å²) < 4.78 is 38.6. The van der Waals surface area contributed by atoms with Crippen LogP contribution in [0.25, 0.3) is 0 Å². The first-order valence-corrected chi connectivity index (χ1v) is 4.73. The molecule has 3 nitrogen and oxygen atoms in total. The van der Waals surface area contributed by atoms with E-state index in [4.69, 9.17) is 5.11 Å². The van der Waals surface area contributed by atoms with Crippen molar-refractivity contribution in [3.63, 3.8) is 0 Å². The van der Waals surface area contributed by atoms with E-state index in [9.17, 15) is 22.8 Å². The first kappa shape index (κ1) is 13.2. The standard InChI is InChI=1S/C11H9F3O3/c1-5(11(16)17)2-10(15)6-3-8(13)9(14)4-7(6)12/h3-5H,2H2,1H3,(H,16,17). The minimum atomic E-state index is -1.40. The second-order valence-electron chi connectivity index (χ2n) is 3.61. The van der Waals surface area contributed by atoms with Gasteiger partial charge in [-0.1, -0.05) is 6.92 Å². The molecule has 0 saturated carbocycles. The van der Waals surface area contributed by atoms with Gasteiger partial charge in [0.05, 0.1) is 11.5 Å². The van der Waals surface area contributed by atoms with Crippen LogP contribution in [0.2, 0.25) is 0 Å². The third kappa shape index (κ3) is 3.05. The fraction of sp³-hybridized carbons (Fsp3) is 0.273. The average molecular weight is 246 g/mol. The number of carbonyl (C=O) groups is 2. The lowest BCUT2D eigenvalue weighted by molar-refractivity contribution is -0.141. The Hall–Kier alpha value is -1.85. The summed E-state index contributed by atoms with van der Waals surface area (Å²) in [6.07, 6.45) is -0.475. The summed E-state index contributed by atoms with van der Waals surface area (Å²) in [6, 6.07) is 0.690. The SMILES string of the molecule is CC(CC(=O)c1cc(F)c(F)cc1F)C(=O)O. The molecular formula is C11H9F3O3. The summed E-state index contributed by atoms with van der Waals surface area (Å²) in [7, 11) is 0. The van der Waals surface area contributed by atoms with Crippen LogP contribution in [0.15, 0.2) is 12.1 Å². The zero-order valence-corrected chi connectivity index (χ0v) is 8.84.